The van der Waals surface area contributed by atoms with Crippen molar-refractivity contribution in [1.29, 1.82) is 31.6 Å². The molecule has 2 heterocycles. The molecule has 8 nitrogen and oxygen atoms in total. The third-order valence-corrected chi connectivity index (χ3v) is 14.3. The summed E-state index contributed by atoms with van der Waals surface area (Å²) in [5, 5.41) is 65.0. The van der Waals surface area contributed by atoms with Gasteiger partial charge in [-0.25, -0.2) is 0 Å². The molecule has 78 heavy (non-hydrogen) atoms. The van der Waals surface area contributed by atoms with Gasteiger partial charge in [0.2, 0.25) is 0 Å². The second-order valence-corrected chi connectivity index (χ2v) is 18.7. The third kappa shape index (κ3) is 8.08. The van der Waals surface area contributed by atoms with Crippen LogP contribution < -0.4 is 0 Å². The lowest BCUT2D eigenvalue weighted by atomic mass is 9.93. The number of aromatic nitrogens is 2. The van der Waals surface area contributed by atoms with E-state index in [2.05, 4.69) is 39.5 Å². The summed E-state index contributed by atoms with van der Waals surface area (Å²) >= 11 is 0. The van der Waals surface area contributed by atoms with E-state index in [4.69, 9.17) is 0 Å². The van der Waals surface area contributed by atoms with Gasteiger partial charge in [0.1, 0.15) is 0 Å². The van der Waals surface area contributed by atoms with Gasteiger partial charge in [0.05, 0.1) is 109 Å². The van der Waals surface area contributed by atoms with Crippen molar-refractivity contribution in [2.24, 2.45) is 0 Å². The van der Waals surface area contributed by atoms with Crippen LogP contribution in [0.4, 0.5) is 13.2 Å². The standard InChI is InChI=1S/C67H33F3N8/c68-67(69,70)54-17-22-55(52(27-54)38-75)60-33-66(78-63-30-50(46-11-3-7-42(25-46)36-73)15-20-58(63)59-21-16-51(31-64(59)78)47-12-4-8-43(26-47)37-74)65(32-53(60)39-76)77-61-28-48(44-9-1-5-40(23-44)34-71)13-18-56(61)57-19-14-49(29-62(57)77)45-10-2-6-41(24-45)35-72/h1-33H. The number of hydrogen-bond acceptors (Lipinski definition) is 6. The van der Waals surface area contributed by atoms with E-state index in [9.17, 15) is 44.7 Å². The smallest absolute Gasteiger partial charge is 0.307 e. The van der Waals surface area contributed by atoms with Crippen LogP contribution in [0.1, 0.15) is 38.9 Å². The van der Waals surface area contributed by atoms with E-state index < -0.39 is 11.7 Å². The fourth-order valence-electron chi connectivity index (χ4n) is 10.6. The van der Waals surface area contributed by atoms with Crippen molar-refractivity contribution in [3.8, 4) is 103 Å². The van der Waals surface area contributed by atoms with E-state index in [1.807, 2.05) is 140 Å². The molecule has 0 fully saturated rings. The van der Waals surface area contributed by atoms with Crippen molar-refractivity contribution in [1.82, 2.24) is 9.13 Å². The molecule has 12 aromatic rings. The predicted octanol–water partition coefficient (Wildman–Crippen LogP) is 16.5. The first-order chi connectivity index (χ1) is 38.0. The van der Waals surface area contributed by atoms with E-state index in [1.165, 1.54) is 6.07 Å². The molecule has 0 radical (unpaired) electrons. The van der Waals surface area contributed by atoms with Crippen LogP contribution in [0.25, 0.3) is 111 Å². The zero-order valence-electron chi connectivity index (χ0n) is 40.8. The Bertz CT molecular complexity index is 4590. The molecular weight excluding hydrogens is 974 g/mol. The van der Waals surface area contributed by atoms with Crippen LogP contribution in [-0.2, 0) is 6.18 Å². The molecule has 0 saturated heterocycles. The lowest BCUT2D eigenvalue weighted by Gasteiger charge is -2.21. The van der Waals surface area contributed by atoms with Crippen molar-refractivity contribution >= 4 is 43.6 Å². The average Bonchev–Trinajstić information content (AvgIpc) is 4.20. The molecule has 11 heteroatoms. The van der Waals surface area contributed by atoms with Crippen LogP contribution in [0.15, 0.2) is 200 Å². The van der Waals surface area contributed by atoms with E-state index in [0.29, 0.717) is 55.7 Å². The van der Waals surface area contributed by atoms with Gasteiger partial charge in [-0.3, -0.25) is 0 Å². The average molecular weight is 1010 g/mol. The summed E-state index contributed by atoms with van der Waals surface area (Å²) < 4.78 is 47.1. The molecule has 362 valence electrons. The van der Waals surface area contributed by atoms with Crippen molar-refractivity contribution in [2.45, 2.75) is 6.18 Å². The molecule has 12 rings (SSSR count). The molecule has 0 aliphatic carbocycles. The highest BCUT2D eigenvalue weighted by Gasteiger charge is 2.32. The maximum absolute atomic E-state index is 14.3. The number of nitrogens with zero attached hydrogens (tertiary/aromatic N) is 8. The third-order valence-electron chi connectivity index (χ3n) is 14.3. The molecular formula is C67H33F3N8. The molecule has 2 aromatic heterocycles. The summed E-state index contributed by atoms with van der Waals surface area (Å²) in [4.78, 5) is 0. The summed E-state index contributed by atoms with van der Waals surface area (Å²) in [6, 6.07) is 72.9. The van der Waals surface area contributed by atoms with Crippen LogP contribution in [-0.4, -0.2) is 9.13 Å². The predicted molar refractivity (Wildman–Crippen MR) is 296 cm³/mol. The minimum absolute atomic E-state index is 0.0690. The number of rotatable bonds is 7. The van der Waals surface area contributed by atoms with Crippen LogP contribution in [0, 0.1) is 68.0 Å². The molecule has 0 unspecified atom stereocenters. The summed E-state index contributed by atoms with van der Waals surface area (Å²) in [6.45, 7) is 0. The largest absolute Gasteiger partial charge is 0.416 e. The van der Waals surface area contributed by atoms with E-state index in [0.717, 1.165) is 78.2 Å². The second-order valence-electron chi connectivity index (χ2n) is 18.7. The van der Waals surface area contributed by atoms with Gasteiger partial charge in [-0.1, -0.05) is 103 Å². The lowest BCUT2D eigenvalue weighted by molar-refractivity contribution is -0.137. The second kappa shape index (κ2) is 18.8. The normalized spacial score (nSPS) is 11.2. The van der Waals surface area contributed by atoms with Gasteiger partial charge in [0, 0.05) is 32.7 Å². The highest BCUT2D eigenvalue weighted by atomic mass is 19.4. The molecule has 0 atom stereocenters. The molecule has 0 aliphatic heterocycles. The minimum atomic E-state index is -4.75. The van der Waals surface area contributed by atoms with Crippen molar-refractivity contribution < 1.29 is 13.2 Å². The quantitative estimate of drug-likeness (QED) is 0.155. The zero-order chi connectivity index (χ0) is 53.8. The van der Waals surface area contributed by atoms with Crippen LogP contribution in [0.2, 0.25) is 0 Å². The van der Waals surface area contributed by atoms with E-state index in [-0.39, 0.29) is 22.3 Å². The highest BCUT2D eigenvalue weighted by molar-refractivity contribution is 6.14. The molecule has 0 saturated carbocycles. The van der Waals surface area contributed by atoms with Crippen LogP contribution in [0.3, 0.4) is 0 Å². The first-order valence-corrected chi connectivity index (χ1v) is 24.4. The Balaban J connectivity index is 1.27. The summed E-state index contributed by atoms with van der Waals surface area (Å²) in [5.74, 6) is 0. The molecule has 0 N–H and O–H groups in total. The summed E-state index contributed by atoms with van der Waals surface area (Å²) in [5.41, 5.74) is 11.0. The number of hydrogen-bond donors (Lipinski definition) is 0. The highest BCUT2D eigenvalue weighted by Crippen LogP contribution is 2.45. The SMILES string of the molecule is N#Cc1cccc(-c2ccc3c4ccc(-c5cccc(C#N)c5)cc4n(-c4cc(C#N)c(-c5ccc(C(F)(F)F)cc5C#N)cc4-n4c5cc(-c6cccc(C#N)c6)ccc5c5ccc(-c6cccc(C#N)c6)cc54)c3c2)c1. The first kappa shape index (κ1) is 47.5. The topological polar surface area (TPSA) is 153 Å². The van der Waals surface area contributed by atoms with Gasteiger partial charge in [0.15, 0.2) is 0 Å². The molecule has 0 aliphatic rings. The van der Waals surface area contributed by atoms with E-state index >= 15 is 0 Å². The summed E-state index contributed by atoms with van der Waals surface area (Å²) in [7, 11) is 0. The fraction of sp³-hybridized carbons (Fsp3) is 0.0149. The van der Waals surface area contributed by atoms with Gasteiger partial charge in [-0.2, -0.15) is 44.7 Å². The van der Waals surface area contributed by atoms with E-state index in [1.54, 1.807) is 48.5 Å². The Morgan fingerprint density at radius 2 is 0.615 bits per heavy atom. The van der Waals surface area contributed by atoms with Crippen molar-refractivity contribution in [3.05, 3.63) is 239 Å². The first-order valence-electron chi connectivity index (χ1n) is 24.4. The number of halogens is 3. The van der Waals surface area contributed by atoms with Gasteiger partial charge in [0.25, 0.3) is 0 Å². The lowest BCUT2D eigenvalue weighted by Crippen LogP contribution is -2.07. The fourth-order valence-corrected chi connectivity index (χ4v) is 10.6. The van der Waals surface area contributed by atoms with Crippen molar-refractivity contribution in [3.63, 3.8) is 0 Å². The zero-order valence-corrected chi connectivity index (χ0v) is 40.8. The number of alkyl halides is 3. The van der Waals surface area contributed by atoms with Gasteiger partial charge in [-0.05, 0) is 142 Å². The number of benzene rings is 10. The van der Waals surface area contributed by atoms with Gasteiger partial charge in [-0.15, -0.1) is 0 Å². The number of nitriles is 6. The van der Waals surface area contributed by atoms with Crippen LogP contribution in [0.5, 0.6) is 0 Å². The van der Waals surface area contributed by atoms with Gasteiger partial charge < -0.3 is 9.13 Å². The maximum atomic E-state index is 14.3. The Morgan fingerprint density at radius 1 is 0.295 bits per heavy atom. The Hall–Kier alpha value is -11.5. The Labute approximate surface area is 444 Å². The van der Waals surface area contributed by atoms with Crippen molar-refractivity contribution in [2.75, 3.05) is 0 Å². The summed E-state index contributed by atoms with van der Waals surface area (Å²) in [6.07, 6.45) is -4.75. The Kier molecular flexibility index (Phi) is 11.4. The maximum Gasteiger partial charge on any atom is 0.416 e. The van der Waals surface area contributed by atoms with Gasteiger partial charge >= 0.3 is 6.18 Å². The number of fused-ring (bicyclic) bond motifs is 6. The van der Waals surface area contributed by atoms with Crippen LogP contribution >= 0.6 is 0 Å². The minimum Gasteiger partial charge on any atom is -0.307 e. The Morgan fingerprint density at radius 3 is 0.936 bits per heavy atom. The molecule has 0 amide bonds. The molecule has 0 bridgehead atoms. The monoisotopic (exact) mass is 1010 g/mol. The molecule has 0 spiro atoms. The molecule has 10 aromatic carbocycles.